The van der Waals surface area contributed by atoms with Crippen molar-refractivity contribution in [3.8, 4) is 0 Å². The van der Waals surface area contributed by atoms with Crippen molar-refractivity contribution in [2.24, 2.45) is 5.41 Å². The maximum atomic E-state index is 4.69. The molecule has 0 amide bonds. The van der Waals surface area contributed by atoms with Gasteiger partial charge in [0, 0.05) is 4.75 Å². The molecule has 3 aliphatic carbocycles. The second-order valence-corrected chi connectivity index (χ2v) is 5.23. The molecule has 0 N–H and O–H groups in total. The van der Waals surface area contributed by atoms with Crippen LogP contribution in [-0.4, -0.2) is 4.75 Å². The van der Waals surface area contributed by atoms with Gasteiger partial charge < -0.3 is 0 Å². The molecule has 0 spiro atoms. The zero-order chi connectivity index (χ0) is 7.24. The fraction of sp³-hybridized carbons (Fsp3) is 1.00. The van der Waals surface area contributed by atoms with Gasteiger partial charge in [-0.3, -0.25) is 0 Å². The van der Waals surface area contributed by atoms with E-state index >= 15 is 0 Å². The van der Waals surface area contributed by atoms with Crippen LogP contribution in [0.2, 0.25) is 0 Å². The van der Waals surface area contributed by atoms with Crippen molar-refractivity contribution in [2.45, 2.75) is 50.2 Å². The SMILES string of the molecule is CCC12CCCC(S)(C1)C2. The highest BCUT2D eigenvalue weighted by Gasteiger charge is 2.53. The van der Waals surface area contributed by atoms with Gasteiger partial charge in [0.05, 0.1) is 0 Å². The molecule has 2 bridgehead atoms. The van der Waals surface area contributed by atoms with E-state index in [1.54, 1.807) is 0 Å². The summed E-state index contributed by atoms with van der Waals surface area (Å²) < 4.78 is 0.480. The fourth-order valence-electron chi connectivity index (χ4n) is 2.92. The Bertz CT molecular complexity index is 145. The Hall–Kier alpha value is 0.350. The maximum Gasteiger partial charge on any atom is 0.0140 e. The molecule has 0 heterocycles. The summed E-state index contributed by atoms with van der Waals surface area (Å²) in [5.41, 5.74) is 0.750. The third-order valence-corrected chi connectivity index (χ3v) is 4.05. The molecule has 0 aliphatic heterocycles. The molecule has 3 fully saturated rings. The zero-order valence-corrected chi connectivity index (χ0v) is 7.58. The summed E-state index contributed by atoms with van der Waals surface area (Å²) >= 11 is 4.69. The lowest BCUT2D eigenvalue weighted by atomic mass is 9.52. The predicted octanol–water partition coefficient (Wildman–Crippen LogP) is 3.03. The van der Waals surface area contributed by atoms with E-state index in [4.69, 9.17) is 12.6 Å². The summed E-state index contributed by atoms with van der Waals surface area (Å²) in [6.45, 7) is 2.33. The third kappa shape index (κ3) is 0.827. The normalized spacial score (nSPS) is 52.2. The number of fused-ring (bicyclic) bond motifs is 2. The Kier molecular flexibility index (Phi) is 1.36. The molecule has 3 rings (SSSR count). The Morgan fingerprint density at radius 2 is 2.00 bits per heavy atom. The van der Waals surface area contributed by atoms with Gasteiger partial charge in [0.1, 0.15) is 0 Å². The van der Waals surface area contributed by atoms with Gasteiger partial charge in [-0.2, -0.15) is 12.6 Å². The minimum absolute atomic E-state index is 0.480. The molecule has 0 radical (unpaired) electrons. The van der Waals surface area contributed by atoms with Crippen LogP contribution in [0.5, 0.6) is 0 Å². The van der Waals surface area contributed by atoms with Crippen LogP contribution in [0.15, 0.2) is 0 Å². The Labute approximate surface area is 68.8 Å². The van der Waals surface area contributed by atoms with Gasteiger partial charge in [0.25, 0.3) is 0 Å². The quantitative estimate of drug-likeness (QED) is 0.554. The molecule has 0 aromatic heterocycles. The molecule has 0 saturated heterocycles. The lowest BCUT2D eigenvalue weighted by Gasteiger charge is -2.58. The number of hydrogen-bond acceptors (Lipinski definition) is 1. The van der Waals surface area contributed by atoms with Gasteiger partial charge in [-0.25, -0.2) is 0 Å². The summed E-state index contributed by atoms with van der Waals surface area (Å²) in [4.78, 5) is 0. The summed E-state index contributed by atoms with van der Waals surface area (Å²) in [5, 5.41) is 0. The van der Waals surface area contributed by atoms with Crippen LogP contribution in [-0.2, 0) is 0 Å². The first-order chi connectivity index (χ1) is 4.68. The number of hydrogen-bond donors (Lipinski definition) is 1. The van der Waals surface area contributed by atoms with Crippen LogP contribution in [0.25, 0.3) is 0 Å². The Morgan fingerprint density at radius 1 is 1.30 bits per heavy atom. The van der Waals surface area contributed by atoms with Gasteiger partial charge in [-0.1, -0.05) is 19.8 Å². The van der Waals surface area contributed by atoms with E-state index in [0.717, 1.165) is 5.41 Å². The van der Waals surface area contributed by atoms with Crippen LogP contribution >= 0.6 is 12.6 Å². The Balaban J connectivity index is 2.08. The van der Waals surface area contributed by atoms with Crippen LogP contribution in [0.1, 0.15) is 45.4 Å². The first kappa shape index (κ1) is 7.02. The van der Waals surface area contributed by atoms with E-state index in [2.05, 4.69) is 6.92 Å². The molecular weight excluding hydrogens is 140 g/mol. The highest BCUT2D eigenvalue weighted by molar-refractivity contribution is 7.81. The lowest BCUT2D eigenvalue weighted by Crippen LogP contribution is -2.51. The van der Waals surface area contributed by atoms with Crippen LogP contribution in [0.3, 0.4) is 0 Å². The van der Waals surface area contributed by atoms with E-state index in [1.165, 1.54) is 38.5 Å². The second-order valence-electron chi connectivity index (χ2n) is 4.29. The van der Waals surface area contributed by atoms with E-state index < -0.39 is 0 Å². The smallest absolute Gasteiger partial charge is 0.0140 e. The van der Waals surface area contributed by atoms with Crippen LogP contribution in [0, 0.1) is 5.41 Å². The molecule has 0 unspecified atom stereocenters. The molecule has 0 aromatic rings. The van der Waals surface area contributed by atoms with Crippen LogP contribution < -0.4 is 0 Å². The van der Waals surface area contributed by atoms with Crippen molar-refractivity contribution >= 4 is 12.6 Å². The van der Waals surface area contributed by atoms with Crippen molar-refractivity contribution in [1.29, 1.82) is 0 Å². The number of rotatable bonds is 1. The molecule has 0 atom stereocenters. The van der Waals surface area contributed by atoms with Crippen molar-refractivity contribution in [3.05, 3.63) is 0 Å². The molecule has 3 saturated carbocycles. The standard InChI is InChI=1S/C9H16S/c1-2-8-4-3-5-9(10,6-8)7-8/h10H,2-7H2,1H3. The van der Waals surface area contributed by atoms with Gasteiger partial charge >= 0.3 is 0 Å². The van der Waals surface area contributed by atoms with Crippen molar-refractivity contribution in [2.75, 3.05) is 0 Å². The van der Waals surface area contributed by atoms with Crippen molar-refractivity contribution in [1.82, 2.24) is 0 Å². The molecule has 0 aromatic carbocycles. The maximum absolute atomic E-state index is 4.69. The van der Waals surface area contributed by atoms with E-state index in [-0.39, 0.29) is 0 Å². The fourth-order valence-corrected chi connectivity index (χ4v) is 3.75. The monoisotopic (exact) mass is 156 g/mol. The van der Waals surface area contributed by atoms with E-state index in [1.807, 2.05) is 0 Å². The topological polar surface area (TPSA) is 0 Å². The average molecular weight is 156 g/mol. The summed E-state index contributed by atoms with van der Waals surface area (Å²) in [6.07, 6.45) is 8.47. The first-order valence-electron chi connectivity index (χ1n) is 4.41. The molecule has 0 nitrogen and oxygen atoms in total. The van der Waals surface area contributed by atoms with Gasteiger partial charge in [0.15, 0.2) is 0 Å². The molecule has 3 aliphatic rings. The summed E-state index contributed by atoms with van der Waals surface area (Å²) in [7, 11) is 0. The molecule has 10 heavy (non-hydrogen) atoms. The van der Waals surface area contributed by atoms with E-state index in [0.29, 0.717) is 4.75 Å². The highest BCUT2D eigenvalue weighted by Crippen LogP contribution is 2.62. The third-order valence-electron chi connectivity index (χ3n) is 3.51. The first-order valence-corrected chi connectivity index (χ1v) is 4.85. The number of thiol groups is 1. The second kappa shape index (κ2) is 1.94. The average Bonchev–Trinajstić information content (AvgIpc) is 1.86. The van der Waals surface area contributed by atoms with Crippen LogP contribution in [0.4, 0.5) is 0 Å². The summed E-state index contributed by atoms with van der Waals surface area (Å²) in [6, 6.07) is 0. The van der Waals surface area contributed by atoms with Gasteiger partial charge in [0.2, 0.25) is 0 Å². The van der Waals surface area contributed by atoms with Gasteiger partial charge in [-0.15, -0.1) is 0 Å². The lowest BCUT2D eigenvalue weighted by molar-refractivity contribution is 0.0183. The predicted molar refractivity (Wildman–Crippen MR) is 47.5 cm³/mol. The van der Waals surface area contributed by atoms with Gasteiger partial charge in [-0.05, 0) is 31.1 Å². The van der Waals surface area contributed by atoms with Crippen molar-refractivity contribution in [3.63, 3.8) is 0 Å². The molecule has 1 heteroatoms. The highest BCUT2D eigenvalue weighted by atomic mass is 32.1. The Morgan fingerprint density at radius 3 is 2.40 bits per heavy atom. The minimum Gasteiger partial charge on any atom is -0.172 e. The molecular formula is C9H16S. The van der Waals surface area contributed by atoms with E-state index in [9.17, 15) is 0 Å². The van der Waals surface area contributed by atoms with Crippen molar-refractivity contribution < 1.29 is 0 Å². The summed E-state index contributed by atoms with van der Waals surface area (Å²) in [5.74, 6) is 0. The minimum atomic E-state index is 0.480. The molecule has 58 valence electrons. The largest absolute Gasteiger partial charge is 0.172 e. The zero-order valence-electron chi connectivity index (χ0n) is 6.69.